The predicted octanol–water partition coefficient (Wildman–Crippen LogP) is -1.10. The predicted molar refractivity (Wildman–Crippen MR) is 137 cm³/mol. The number of fused-ring (bicyclic) bond motifs is 1. The van der Waals surface area contributed by atoms with E-state index >= 15 is 0 Å². The minimum absolute atomic E-state index is 0.155. The lowest BCUT2D eigenvalue weighted by molar-refractivity contribution is -0.318. The molecule has 1 aromatic heterocycles. The van der Waals surface area contributed by atoms with E-state index in [1.54, 1.807) is 30.3 Å². The fourth-order valence-electron chi connectivity index (χ4n) is 4.74. The molecular formula is C27H30O14. The first kappa shape index (κ1) is 29.2. The summed E-state index contributed by atoms with van der Waals surface area (Å²) in [5.74, 6) is -1.99. The molecule has 2 saturated heterocycles. The molecule has 0 saturated carbocycles. The molecule has 3 aromatic rings. The number of aromatic hydroxyl groups is 2. The van der Waals surface area contributed by atoms with E-state index in [1.807, 2.05) is 0 Å². The second kappa shape index (κ2) is 11.5. The van der Waals surface area contributed by atoms with Crippen LogP contribution in [0.2, 0.25) is 0 Å². The van der Waals surface area contributed by atoms with Crippen LogP contribution in [-0.2, 0) is 14.2 Å². The fourth-order valence-corrected chi connectivity index (χ4v) is 4.74. The Balaban J connectivity index is 1.37. The lowest BCUT2D eigenvalue weighted by Crippen LogP contribution is -2.61. The maximum absolute atomic E-state index is 12.9. The van der Waals surface area contributed by atoms with Gasteiger partial charge in [-0.05, 0) is 6.92 Å². The van der Waals surface area contributed by atoms with Crippen LogP contribution in [0.4, 0.5) is 0 Å². The van der Waals surface area contributed by atoms with Gasteiger partial charge in [0.25, 0.3) is 0 Å². The van der Waals surface area contributed by atoms with Gasteiger partial charge in [0.15, 0.2) is 23.2 Å². The number of aliphatic hydroxyl groups is 6. The van der Waals surface area contributed by atoms with Gasteiger partial charge in [-0.2, -0.15) is 0 Å². The van der Waals surface area contributed by atoms with E-state index in [0.717, 1.165) is 12.1 Å². The molecule has 2 aliphatic heterocycles. The largest absolute Gasteiger partial charge is 0.504 e. The van der Waals surface area contributed by atoms with Crippen molar-refractivity contribution in [3.63, 3.8) is 0 Å². The van der Waals surface area contributed by atoms with E-state index in [2.05, 4.69) is 0 Å². The van der Waals surface area contributed by atoms with Gasteiger partial charge in [-0.1, -0.05) is 30.3 Å². The zero-order valence-electron chi connectivity index (χ0n) is 21.5. The standard InChI is InChI=1S/C27H30O14/c1-10-18(30)21(33)23(35)26(38-10)37-9-16-19(31)22(34)24(36)27(40-16)41-25-13(29)8-15-17(20(25)32)12(28)7-14(39-15)11-5-3-2-4-6-11/h2-8,10,16,18-19,21-24,26-27,29-36H,9H2,1H3/t10-,16+,18-,19+,21+,22-,23+,24+,26+,27-/m0/s1. The maximum atomic E-state index is 12.9. The molecule has 2 fully saturated rings. The summed E-state index contributed by atoms with van der Waals surface area (Å²) in [5.41, 5.74) is -0.235. The van der Waals surface area contributed by atoms with Crippen molar-refractivity contribution in [1.29, 1.82) is 0 Å². The van der Waals surface area contributed by atoms with Crippen molar-refractivity contribution in [2.24, 2.45) is 0 Å². The van der Waals surface area contributed by atoms with Gasteiger partial charge in [0.1, 0.15) is 59.5 Å². The molecule has 0 radical (unpaired) electrons. The van der Waals surface area contributed by atoms with Crippen LogP contribution in [0.3, 0.4) is 0 Å². The first-order valence-electron chi connectivity index (χ1n) is 12.7. The third-order valence-electron chi connectivity index (χ3n) is 7.12. The summed E-state index contributed by atoms with van der Waals surface area (Å²) in [7, 11) is 0. The second-order valence-corrected chi connectivity index (χ2v) is 9.93. The van der Waals surface area contributed by atoms with E-state index < -0.39 is 90.7 Å². The van der Waals surface area contributed by atoms with E-state index in [4.69, 9.17) is 23.4 Å². The molecule has 41 heavy (non-hydrogen) atoms. The van der Waals surface area contributed by atoms with Crippen LogP contribution in [0.15, 0.2) is 51.7 Å². The van der Waals surface area contributed by atoms with Gasteiger partial charge < -0.3 is 64.2 Å². The topological polar surface area (TPSA) is 229 Å². The van der Waals surface area contributed by atoms with Gasteiger partial charge in [-0.25, -0.2) is 0 Å². The third kappa shape index (κ3) is 5.49. The van der Waals surface area contributed by atoms with Crippen molar-refractivity contribution in [2.75, 3.05) is 6.61 Å². The minimum Gasteiger partial charge on any atom is -0.504 e. The molecule has 0 bridgehead atoms. The van der Waals surface area contributed by atoms with Crippen molar-refractivity contribution in [3.05, 3.63) is 52.7 Å². The third-order valence-corrected chi connectivity index (χ3v) is 7.12. The summed E-state index contributed by atoms with van der Waals surface area (Å²) < 4.78 is 27.5. The Morgan fingerprint density at radius 3 is 2.17 bits per heavy atom. The van der Waals surface area contributed by atoms with Crippen LogP contribution < -0.4 is 10.2 Å². The zero-order chi connectivity index (χ0) is 29.6. The summed E-state index contributed by atoms with van der Waals surface area (Å²) >= 11 is 0. The van der Waals surface area contributed by atoms with E-state index in [0.29, 0.717) is 5.56 Å². The molecule has 2 aliphatic rings. The fraction of sp³-hybridized carbons (Fsp3) is 0.444. The lowest BCUT2D eigenvalue weighted by atomic mass is 9.98. The molecule has 10 atom stereocenters. The van der Waals surface area contributed by atoms with Gasteiger partial charge >= 0.3 is 0 Å². The highest BCUT2D eigenvalue weighted by molar-refractivity contribution is 5.89. The Hall–Kier alpha value is -3.31. The number of rotatable bonds is 6. The average Bonchev–Trinajstić information content (AvgIpc) is 2.95. The molecule has 5 rings (SSSR count). The van der Waals surface area contributed by atoms with Crippen molar-refractivity contribution >= 4 is 11.0 Å². The van der Waals surface area contributed by atoms with Gasteiger partial charge in [-0.3, -0.25) is 4.79 Å². The molecule has 0 amide bonds. The molecule has 14 nitrogen and oxygen atoms in total. The number of ether oxygens (including phenoxy) is 4. The molecular weight excluding hydrogens is 548 g/mol. The molecule has 0 aliphatic carbocycles. The van der Waals surface area contributed by atoms with E-state index in [-0.39, 0.29) is 16.7 Å². The number of hydrogen-bond acceptors (Lipinski definition) is 14. The highest BCUT2D eigenvalue weighted by Gasteiger charge is 2.47. The number of aliphatic hydroxyl groups excluding tert-OH is 6. The Morgan fingerprint density at radius 1 is 0.805 bits per heavy atom. The first-order valence-corrected chi connectivity index (χ1v) is 12.7. The van der Waals surface area contributed by atoms with Gasteiger partial charge in [-0.15, -0.1) is 0 Å². The summed E-state index contributed by atoms with van der Waals surface area (Å²) in [6, 6.07) is 10.8. The Kier molecular flexibility index (Phi) is 8.20. The van der Waals surface area contributed by atoms with Gasteiger partial charge in [0, 0.05) is 17.7 Å². The van der Waals surface area contributed by atoms with Gasteiger partial charge in [0.05, 0.1) is 12.7 Å². The lowest BCUT2D eigenvalue weighted by Gasteiger charge is -2.42. The summed E-state index contributed by atoms with van der Waals surface area (Å²) in [6.07, 6.45) is -15.6. The normalized spacial score (nSPS) is 34.0. The molecule has 14 heteroatoms. The Labute approximate surface area is 231 Å². The highest BCUT2D eigenvalue weighted by Crippen LogP contribution is 2.43. The van der Waals surface area contributed by atoms with Crippen LogP contribution in [0, 0.1) is 0 Å². The minimum atomic E-state index is -1.89. The molecule has 0 unspecified atom stereocenters. The van der Waals surface area contributed by atoms with Gasteiger partial charge in [0.2, 0.25) is 12.0 Å². The van der Waals surface area contributed by atoms with Crippen LogP contribution in [0.5, 0.6) is 17.2 Å². The van der Waals surface area contributed by atoms with E-state index in [9.17, 15) is 45.6 Å². The second-order valence-electron chi connectivity index (χ2n) is 9.93. The highest BCUT2D eigenvalue weighted by atomic mass is 16.7. The molecule has 3 heterocycles. The van der Waals surface area contributed by atoms with Crippen LogP contribution in [0.25, 0.3) is 22.3 Å². The number of benzene rings is 2. The number of phenols is 2. The zero-order valence-corrected chi connectivity index (χ0v) is 21.5. The average molecular weight is 579 g/mol. The monoisotopic (exact) mass is 578 g/mol. The molecule has 0 spiro atoms. The Morgan fingerprint density at radius 2 is 1.46 bits per heavy atom. The first-order chi connectivity index (χ1) is 19.5. The SMILES string of the molecule is C[C@@H]1O[C@@H](OC[C@H]2O[C@@H](Oc3c(O)cc4oc(-c5ccccc5)cc(=O)c4c3O)[C@H](O)[C@@H](O)[C@@H]2O)[C@H](O)[C@H](O)[C@H]1O. The summed E-state index contributed by atoms with van der Waals surface area (Å²) in [5, 5.41) is 82.4. The number of hydrogen-bond donors (Lipinski definition) is 8. The molecule has 8 N–H and O–H groups in total. The van der Waals surface area contributed by atoms with Crippen LogP contribution >= 0.6 is 0 Å². The van der Waals surface area contributed by atoms with Crippen LogP contribution in [0.1, 0.15) is 6.92 Å². The van der Waals surface area contributed by atoms with Crippen LogP contribution in [-0.4, -0.2) is 109 Å². The molecule has 2 aromatic carbocycles. The maximum Gasteiger partial charge on any atom is 0.229 e. The Bertz CT molecular complexity index is 1430. The van der Waals surface area contributed by atoms with Crippen molar-refractivity contribution in [3.8, 4) is 28.6 Å². The molecule has 222 valence electrons. The smallest absolute Gasteiger partial charge is 0.229 e. The van der Waals surface area contributed by atoms with E-state index in [1.165, 1.54) is 6.92 Å². The van der Waals surface area contributed by atoms with Crippen molar-refractivity contribution in [2.45, 2.75) is 68.3 Å². The summed E-state index contributed by atoms with van der Waals surface area (Å²) in [4.78, 5) is 12.9. The quantitative estimate of drug-likeness (QED) is 0.174. The van der Waals surface area contributed by atoms with Crippen molar-refractivity contribution in [1.82, 2.24) is 0 Å². The van der Waals surface area contributed by atoms with Crippen molar-refractivity contribution < 1.29 is 64.2 Å². The number of phenolic OH excluding ortho intramolecular Hbond substituents is 2. The summed E-state index contributed by atoms with van der Waals surface area (Å²) in [6.45, 7) is 0.890.